The summed E-state index contributed by atoms with van der Waals surface area (Å²) in [6.45, 7) is 6.72. The van der Waals surface area contributed by atoms with Crippen LogP contribution < -0.4 is 0 Å². The monoisotopic (exact) mass is 467 g/mol. The second-order valence-electron chi connectivity index (χ2n) is 6.79. The van der Waals surface area contributed by atoms with Gasteiger partial charge in [0, 0.05) is 32.5 Å². The number of hydrogen-bond donors (Lipinski definition) is 0. The maximum Gasteiger partial charge on any atom is 0.142 e. The van der Waals surface area contributed by atoms with E-state index in [0.29, 0.717) is 110 Å². The second-order valence-corrected chi connectivity index (χ2v) is 7.90. The van der Waals surface area contributed by atoms with Gasteiger partial charge in [-0.3, -0.25) is 14.0 Å². The smallest absolute Gasteiger partial charge is 0.142 e. The fourth-order valence-corrected chi connectivity index (χ4v) is 3.15. The number of hydrogen-bond acceptors (Lipinski definition) is 8. The fourth-order valence-electron chi connectivity index (χ4n) is 2.32. The number of rotatable bonds is 26. The zero-order valence-electron chi connectivity index (χ0n) is 19.1. The molecule has 0 aromatic heterocycles. The lowest BCUT2D eigenvalue weighted by molar-refractivity contribution is -0.119. The Kier molecular flexibility index (Phi) is 25.2. The highest BCUT2D eigenvalue weighted by molar-refractivity contribution is 7.99. The molecule has 0 radical (unpaired) electrons. The van der Waals surface area contributed by atoms with Gasteiger partial charge in [0.25, 0.3) is 0 Å². The number of ether oxygens (including phenoxy) is 5. The highest BCUT2D eigenvalue weighted by Gasteiger charge is 2.02. The lowest BCUT2D eigenvalue weighted by atomic mass is 10.2. The number of thioether (sulfide) groups is 1. The molecule has 0 saturated carbocycles. The molecule has 0 bridgehead atoms. The lowest BCUT2D eigenvalue weighted by Crippen LogP contribution is -2.13. The van der Waals surface area contributed by atoms with Crippen molar-refractivity contribution < 1.29 is 37.7 Å². The molecule has 9 heteroatoms. The van der Waals surface area contributed by atoms with Gasteiger partial charge in [0.1, 0.15) is 11.6 Å². The summed E-state index contributed by atoms with van der Waals surface area (Å²) in [4.78, 5) is 22.7. The first-order valence-electron chi connectivity index (χ1n) is 11.3. The summed E-state index contributed by atoms with van der Waals surface area (Å²) in [6.07, 6.45) is 3.67. The molecule has 184 valence electrons. The van der Waals surface area contributed by atoms with Crippen molar-refractivity contribution >= 4 is 23.3 Å². The first-order valence-corrected chi connectivity index (χ1v) is 12.4. The van der Waals surface area contributed by atoms with Gasteiger partial charge in [-0.05, 0) is 25.0 Å². The second kappa shape index (κ2) is 25.7. The molecule has 0 atom stereocenters. The molecule has 0 saturated heterocycles. The molecule has 0 aromatic carbocycles. The maximum atomic E-state index is 11.9. The van der Waals surface area contributed by atoms with Crippen LogP contribution in [0.15, 0.2) is 0 Å². The van der Waals surface area contributed by atoms with Gasteiger partial charge in [-0.1, -0.05) is 6.92 Å². The van der Waals surface area contributed by atoms with Crippen LogP contribution in [0.2, 0.25) is 0 Å². The maximum absolute atomic E-state index is 11.9. The van der Waals surface area contributed by atoms with Crippen molar-refractivity contribution in [3.8, 4) is 0 Å². The Morgan fingerprint density at radius 3 is 1.48 bits per heavy atom. The summed E-state index contributed by atoms with van der Waals surface area (Å²) >= 11 is 1.49. The minimum atomic E-state index is -0.320. The lowest BCUT2D eigenvalue weighted by Gasteiger charge is -2.08. The van der Waals surface area contributed by atoms with Crippen LogP contribution in [0.25, 0.3) is 0 Å². The Morgan fingerprint density at radius 2 is 1.06 bits per heavy atom. The summed E-state index contributed by atoms with van der Waals surface area (Å²) in [7, 11) is 0. The molecule has 0 aliphatic carbocycles. The van der Waals surface area contributed by atoms with Crippen molar-refractivity contribution in [2.45, 2.75) is 45.4 Å². The molecular weight excluding hydrogens is 426 g/mol. The van der Waals surface area contributed by atoms with Gasteiger partial charge >= 0.3 is 0 Å². The summed E-state index contributed by atoms with van der Waals surface area (Å²) < 4.78 is 39.0. The van der Waals surface area contributed by atoms with Crippen molar-refractivity contribution in [2.24, 2.45) is 0 Å². The topological polar surface area (TPSA) is 80.3 Å². The first-order chi connectivity index (χ1) is 15.2. The van der Waals surface area contributed by atoms with Crippen molar-refractivity contribution in [2.75, 3.05) is 84.2 Å². The first kappa shape index (κ1) is 30.4. The Morgan fingerprint density at radius 1 is 0.645 bits per heavy atom. The summed E-state index contributed by atoms with van der Waals surface area (Å²) in [5.74, 6) is 1.63. The van der Waals surface area contributed by atoms with Crippen LogP contribution in [-0.2, 0) is 33.3 Å². The van der Waals surface area contributed by atoms with E-state index in [-0.39, 0.29) is 18.2 Å². The van der Waals surface area contributed by atoms with Crippen molar-refractivity contribution in [1.82, 2.24) is 0 Å². The number of Topliss-reactive ketones (excluding diaryl/α,β-unsaturated/α-hetero) is 2. The zero-order chi connectivity index (χ0) is 22.8. The van der Waals surface area contributed by atoms with Crippen LogP contribution in [0, 0.1) is 0 Å². The minimum Gasteiger partial charge on any atom is -0.379 e. The molecule has 0 amide bonds. The number of alkyl halides is 1. The van der Waals surface area contributed by atoms with Gasteiger partial charge in [-0.25, -0.2) is 0 Å². The van der Waals surface area contributed by atoms with Crippen LogP contribution in [0.5, 0.6) is 0 Å². The highest BCUT2D eigenvalue weighted by atomic mass is 32.2. The molecule has 0 aliphatic rings. The number of halogens is 1. The normalized spacial score (nSPS) is 11.2. The predicted molar refractivity (Wildman–Crippen MR) is 121 cm³/mol. The standard InChI is InChI=1S/C22H41FO7S/c1-2-21(24)6-3-9-26-11-13-28-15-17-30-18-16-29-14-12-27-10-4-7-22(25)20-31-19-5-8-23/h2-20H2,1H3/i23-1. The predicted octanol–water partition coefficient (Wildman–Crippen LogP) is 3.27. The minimum absolute atomic E-state index is 0.192. The van der Waals surface area contributed by atoms with Gasteiger partial charge in [-0.15, -0.1) is 0 Å². The molecule has 0 N–H and O–H groups in total. The van der Waals surface area contributed by atoms with E-state index in [1.807, 2.05) is 6.92 Å². The van der Waals surface area contributed by atoms with Crippen molar-refractivity contribution in [3.05, 3.63) is 0 Å². The Labute approximate surface area is 191 Å². The summed E-state index contributed by atoms with van der Waals surface area (Å²) in [5, 5.41) is 0. The van der Waals surface area contributed by atoms with E-state index >= 15 is 0 Å². The third kappa shape index (κ3) is 25.6. The van der Waals surface area contributed by atoms with Crippen LogP contribution in [0.4, 0.5) is 4.39 Å². The number of ketones is 2. The largest absolute Gasteiger partial charge is 0.379 e. The summed E-state index contributed by atoms with van der Waals surface area (Å²) in [6, 6.07) is 0. The zero-order valence-corrected chi connectivity index (χ0v) is 19.9. The van der Waals surface area contributed by atoms with E-state index in [1.54, 1.807) is 0 Å². The van der Waals surface area contributed by atoms with Gasteiger partial charge in [0.15, 0.2) is 0 Å². The molecule has 0 aliphatic heterocycles. The van der Waals surface area contributed by atoms with E-state index in [9.17, 15) is 14.0 Å². The highest BCUT2D eigenvalue weighted by Crippen LogP contribution is 2.05. The van der Waals surface area contributed by atoms with E-state index < -0.39 is 0 Å². The number of carbonyl (C=O) groups is 2. The van der Waals surface area contributed by atoms with Crippen LogP contribution in [0.1, 0.15) is 45.4 Å². The van der Waals surface area contributed by atoms with Crippen LogP contribution in [-0.4, -0.2) is 95.8 Å². The molecule has 7 nitrogen and oxygen atoms in total. The average molecular weight is 468 g/mol. The molecule has 0 rings (SSSR count). The molecule has 0 fully saturated rings. The Hall–Kier alpha value is -0.580. The SMILES string of the molecule is CCC(=O)CCCOCCOCCOCCOCCOCCCC(=O)CSCCC[18F]. The van der Waals surface area contributed by atoms with Gasteiger partial charge in [0.05, 0.1) is 65.3 Å². The van der Waals surface area contributed by atoms with E-state index in [4.69, 9.17) is 23.7 Å². The Bertz CT molecular complexity index is 413. The average Bonchev–Trinajstić information content (AvgIpc) is 2.78. The van der Waals surface area contributed by atoms with Crippen molar-refractivity contribution in [3.63, 3.8) is 0 Å². The van der Waals surface area contributed by atoms with Crippen molar-refractivity contribution in [1.29, 1.82) is 0 Å². The molecule has 0 unspecified atom stereocenters. The van der Waals surface area contributed by atoms with Crippen LogP contribution in [0.3, 0.4) is 0 Å². The fraction of sp³-hybridized carbons (Fsp3) is 0.909. The molecule has 31 heavy (non-hydrogen) atoms. The molecular formula is C22H41FO7S. The van der Waals surface area contributed by atoms with Gasteiger partial charge in [0.2, 0.25) is 0 Å². The van der Waals surface area contributed by atoms with Gasteiger partial charge in [-0.2, -0.15) is 11.8 Å². The van der Waals surface area contributed by atoms with Crippen LogP contribution >= 0.6 is 11.8 Å². The molecule has 0 spiro atoms. The van der Waals surface area contributed by atoms with E-state index in [0.717, 1.165) is 6.42 Å². The Balaban J connectivity index is 3.11. The summed E-state index contributed by atoms with van der Waals surface area (Å²) in [5.41, 5.74) is 0. The van der Waals surface area contributed by atoms with E-state index in [2.05, 4.69) is 0 Å². The third-order valence-corrected chi connectivity index (χ3v) is 5.16. The quantitative estimate of drug-likeness (QED) is 0.179. The molecule has 0 heterocycles. The third-order valence-electron chi connectivity index (χ3n) is 4.06. The van der Waals surface area contributed by atoms with E-state index in [1.165, 1.54) is 11.8 Å². The van der Waals surface area contributed by atoms with Gasteiger partial charge < -0.3 is 23.7 Å². The number of carbonyl (C=O) groups excluding carboxylic acids is 2. The molecule has 0 aromatic rings.